The van der Waals surface area contributed by atoms with E-state index in [1.54, 1.807) is 12.3 Å². The summed E-state index contributed by atoms with van der Waals surface area (Å²) in [6, 6.07) is 2.90. The second-order valence-electron chi connectivity index (χ2n) is 3.80. The third-order valence-corrected chi connectivity index (χ3v) is 2.76. The van der Waals surface area contributed by atoms with Crippen LogP contribution in [-0.2, 0) is 0 Å². The maximum atomic E-state index is 10.9. The number of hydrogen-bond acceptors (Lipinski definition) is 4. The van der Waals surface area contributed by atoms with Crippen LogP contribution in [0.5, 0.6) is 0 Å². The van der Waals surface area contributed by atoms with E-state index >= 15 is 0 Å². The summed E-state index contributed by atoms with van der Waals surface area (Å²) >= 11 is 0. The third kappa shape index (κ3) is 2.09. The molecule has 1 aromatic heterocycles. The minimum Gasteiger partial charge on any atom is -0.395 e. The van der Waals surface area contributed by atoms with Crippen molar-refractivity contribution in [2.75, 3.05) is 6.61 Å². The zero-order valence-corrected chi connectivity index (χ0v) is 8.18. The number of hydrogen-bond donors (Lipinski definition) is 4. The molecule has 0 aliphatic carbocycles. The summed E-state index contributed by atoms with van der Waals surface area (Å²) in [5.74, 6) is 0. The van der Waals surface area contributed by atoms with Crippen molar-refractivity contribution in [3.63, 3.8) is 0 Å². The van der Waals surface area contributed by atoms with E-state index in [4.69, 9.17) is 5.11 Å². The molecule has 1 aliphatic heterocycles. The molecule has 2 rings (SSSR count). The number of aliphatic hydroxyl groups excluding tert-OH is 2. The van der Waals surface area contributed by atoms with Crippen LogP contribution in [0.3, 0.4) is 0 Å². The van der Waals surface area contributed by atoms with Crippen molar-refractivity contribution in [2.45, 2.75) is 24.6 Å². The van der Waals surface area contributed by atoms with Gasteiger partial charge in [0, 0.05) is 18.3 Å². The van der Waals surface area contributed by atoms with E-state index in [0.29, 0.717) is 6.42 Å². The third-order valence-electron chi connectivity index (χ3n) is 2.76. The van der Waals surface area contributed by atoms with E-state index in [-0.39, 0.29) is 24.2 Å². The Bertz CT molecular complexity index is 370. The molecule has 2 heterocycles. The lowest BCUT2D eigenvalue weighted by molar-refractivity contribution is 0.121. The molecule has 0 aromatic carbocycles. The van der Waals surface area contributed by atoms with Gasteiger partial charge < -0.3 is 20.5 Å². The maximum Gasteiger partial charge on any atom is 0.247 e. The molecule has 0 spiro atoms. The van der Waals surface area contributed by atoms with Crippen LogP contribution in [0, 0.1) is 0 Å². The molecular formula is C10H14N2O3. The van der Waals surface area contributed by atoms with E-state index in [9.17, 15) is 9.90 Å². The van der Waals surface area contributed by atoms with Crippen molar-refractivity contribution in [1.82, 2.24) is 10.3 Å². The Morgan fingerprint density at radius 1 is 1.47 bits per heavy atom. The van der Waals surface area contributed by atoms with Crippen molar-refractivity contribution in [2.24, 2.45) is 0 Å². The summed E-state index contributed by atoms with van der Waals surface area (Å²) < 4.78 is 0. The summed E-state index contributed by atoms with van der Waals surface area (Å²) in [5.41, 5.74) is 0.778. The fraction of sp³-hybridized carbons (Fsp3) is 0.500. The number of nitrogens with one attached hydrogen (secondary N) is 2. The quantitative estimate of drug-likeness (QED) is 0.511. The zero-order valence-electron chi connectivity index (χ0n) is 8.18. The Morgan fingerprint density at radius 3 is 2.80 bits per heavy atom. The topological polar surface area (TPSA) is 85.3 Å². The largest absolute Gasteiger partial charge is 0.395 e. The molecule has 5 nitrogen and oxygen atoms in total. The summed E-state index contributed by atoms with van der Waals surface area (Å²) in [5, 5.41) is 21.6. The van der Waals surface area contributed by atoms with Gasteiger partial charge in [0.1, 0.15) is 0 Å². The standard InChI is InChI=1S/C10H14N2O3/c13-5-8-9(14)3-7(12-8)6-1-2-10(15)11-4-6/h1-2,4,7-9,12-14H,3,5H2,(H,11,15)/t7-,8-,9+/m1/s1. The van der Waals surface area contributed by atoms with Gasteiger partial charge in [-0.1, -0.05) is 6.07 Å². The lowest BCUT2D eigenvalue weighted by atomic mass is 10.1. The molecule has 0 bridgehead atoms. The van der Waals surface area contributed by atoms with Crippen LogP contribution in [0.25, 0.3) is 0 Å². The van der Waals surface area contributed by atoms with Crippen LogP contribution < -0.4 is 10.9 Å². The fourth-order valence-corrected chi connectivity index (χ4v) is 1.89. The zero-order chi connectivity index (χ0) is 10.8. The molecule has 1 saturated heterocycles. The number of H-pyrrole nitrogens is 1. The average Bonchev–Trinajstić information content (AvgIpc) is 2.61. The molecule has 1 fully saturated rings. The second kappa shape index (κ2) is 4.14. The molecule has 0 unspecified atom stereocenters. The first-order chi connectivity index (χ1) is 7.20. The highest BCUT2D eigenvalue weighted by atomic mass is 16.3. The first kappa shape index (κ1) is 10.4. The van der Waals surface area contributed by atoms with Crippen molar-refractivity contribution >= 4 is 0 Å². The minimum atomic E-state index is -0.535. The average molecular weight is 210 g/mol. The van der Waals surface area contributed by atoms with Crippen LogP contribution in [-0.4, -0.2) is 33.9 Å². The first-order valence-electron chi connectivity index (χ1n) is 4.94. The van der Waals surface area contributed by atoms with Crippen molar-refractivity contribution in [1.29, 1.82) is 0 Å². The first-order valence-corrected chi connectivity index (χ1v) is 4.94. The molecule has 1 aliphatic rings. The lowest BCUT2D eigenvalue weighted by Crippen LogP contribution is -2.34. The minimum absolute atomic E-state index is 0.00556. The van der Waals surface area contributed by atoms with Gasteiger partial charge in [0.25, 0.3) is 0 Å². The van der Waals surface area contributed by atoms with E-state index in [1.165, 1.54) is 6.07 Å². The molecule has 0 amide bonds. The number of aromatic nitrogens is 1. The fourth-order valence-electron chi connectivity index (χ4n) is 1.89. The van der Waals surface area contributed by atoms with Gasteiger partial charge in [-0.15, -0.1) is 0 Å². The highest BCUT2D eigenvalue weighted by molar-refractivity contribution is 5.16. The van der Waals surface area contributed by atoms with Crippen molar-refractivity contribution in [3.8, 4) is 0 Å². The smallest absolute Gasteiger partial charge is 0.247 e. The Kier molecular flexibility index (Phi) is 2.86. The number of pyridine rings is 1. The van der Waals surface area contributed by atoms with E-state index < -0.39 is 6.10 Å². The lowest BCUT2D eigenvalue weighted by Gasteiger charge is -2.12. The number of aromatic amines is 1. The predicted octanol–water partition coefficient (Wildman–Crippen LogP) is -0.869. The van der Waals surface area contributed by atoms with Gasteiger partial charge in [0.05, 0.1) is 18.8 Å². The number of rotatable bonds is 2. The number of aliphatic hydroxyl groups is 2. The van der Waals surface area contributed by atoms with Gasteiger partial charge in [-0.3, -0.25) is 4.79 Å². The summed E-state index contributed by atoms with van der Waals surface area (Å²) in [4.78, 5) is 13.4. The van der Waals surface area contributed by atoms with Crippen LogP contribution in [0.15, 0.2) is 23.1 Å². The van der Waals surface area contributed by atoms with Gasteiger partial charge >= 0.3 is 0 Å². The second-order valence-corrected chi connectivity index (χ2v) is 3.80. The molecule has 1 aromatic rings. The normalized spacial score (nSPS) is 30.7. The Balaban J connectivity index is 2.13. The van der Waals surface area contributed by atoms with Gasteiger partial charge in [0.15, 0.2) is 0 Å². The van der Waals surface area contributed by atoms with Crippen LogP contribution in [0.2, 0.25) is 0 Å². The molecule has 15 heavy (non-hydrogen) atoms. The van der Waals surface area contributed by atoms with Gasteiger partial charge in [-0.05, 0) is 12.0 Å². The van der Waals surface area contributed by atoms with Gasteiger partial charge in [0.2, 0.25) is 5.56 Å². The molecule has 5 heteroatoms. The van der Waals surface area contributed by atoms with Crippen LogP contribution in [0.1, 0.15) is 18.0 Å². The Labute approximate surface area is 86.8 Å². The SMILES string of the molecule is O=c1ccc([C@H]2C[C@H](O)[C@@H](CO)N2)c[nH]1. The molecule has 3 atom stereocenters. The maximum absolute atomic E-state index is 10.9. The van der Waals surface area contributed by atoms with E-state index in [1.807, 2.05) is 0 Å². The van der Waals surface area contributed by atoms with Crippen molar-refractivity contribution < 1.29 is 10.2 Å². The van der Waals surface area contributed by atoms with E-state index in [2.05, 4.69) is 10.3 Å². The summed E-state index contributed by atoms with van der Waals surface area (Å²) in [6.07, 6.45) is 1.65. The molecule has 0 radical (unpaired) electrons. The Hall–Kier alpha value is -1.17. The highest BCUT2D eigenvalue weighted by Gasteiger charge is 2.32. The van der Waals surface area contributed by atoms with Gasteiger partial charge in [-0.2, -0.15) is 0 Å². The predicted molar refractivity (Wildman–Crippen MR) is 54.4 cm³/mol. The van der Waals surface area contributed by atoms with Crippen LogP contribution >= 0.6 is 0 Å². The van der Waals surface area contributed by atoms with Gasteiger partial charge in [-0.25, -0.2) is 0 Å². The van der Waals surface area contributed by atoms with Crippen LogP contribution in [0.4, 0.5) is 0 Å². The summed E-state index contributed by atoms with van der Waals surface area (Å²) in [7, 11) is 0. The van der Waals surface area contributed by atoms with Crippen molar-refractivity contribution in [3.05, 3.63) is 34.2 Å². The summed E-state index contributed by atoms with van der Waals surface area (Å²) in [6.45, 7) is -0.0823. The van der Waals surface area contributed by atoms with E-state index in [0.717, 1.165) is 5.56 Å². The molecule has 82 valence electrons. The highest BCUT2D eigenvalue weighted by Crippen LogP contribution is 2.25. The monoisotopic (exact) mass is 210 g/mol. The molecule has 4 N–H and O–H groups in total. The molecule has 0 saturated carbocycles. The Morgan fingerprint density at radius 2 is 2.27 bits per heavy atom. The molecular weight excluding hydrogens is 196 g/mol.